The van der Waals surface area contributed by atoms with Gasteiger partial charge in [0, 0.05) is 17.4 Å². The van der Waals surface area contributed by atoms with E-state index in [4.69, 9.17) is 0 Å². The first-order chi connectivity index (χ1) is 6.49. The highest BCUT2D eigenvalue weighted by molar-refractivity contribution is 5.94. The number of pyridine rings is 1. The number of amides is 1. The molecule has 1 N–H and O–H groups in total. The Morgan fingerprint density at radius 3 is 2.93 bits per heavy atom. The van der Waals surface area contributed by atoms with Crippen molar-refractivity contribution < 1.29 is 9.18 Å². The van der Waals surface area contributed by atoms with Gasteiger partial charge in [0.2, 0.25) is 11.9 Å². The van der Waals surface area contributed by atoms with Gasteiger partial charge in [0.05, 0.1) is 0 Å². The van der Waals surface area contributed by atoms with Gasteiger partial charge in [-0.3, -0.25) is 4.79 Å². The number of aromatic nitrogens is 1. The van der Waals surface area contributed by atoms with Crippen molar-refractivity contribution in [1.82, 2.24) is 4.98 Å². The Morgan fingerprint density at radius 2 is 2.21 bits per heavy atom. The van der Waals surface area contributed by atoms with E-state index in [9.17, 15) is 9.18 Å². The molecule has 1 amide bonds. The first-order valence-electron chi connectivity index (χ1n) is 4.46. The van der Waals surface area contributed by atoms with Crippen molar-refractivity contribution >= 4 is 11.7 Å². The van der Waals surface area contributed by atoms with Crippen molar-refractivity contribution in [2.24, 2.45) is 0 Å². The smallest absolute Gasteiger partial charge is 0.226 e. The molecule has 0 fully saturated rings. The van der Waals surface area contributed by atoms with Crippen molar-refractivity contribution in [1.29, 1.82) is 0 Å². The molecule has 1 aromatic heterocycles. The highest BCUT2D eigenvalue weighted by Crippen LogP contribution is 2.35. The van der Waals surface area contributed by atoms with Gasteiger partial charge in [-0.05, 0) is 6.07 Å². The second-order valence-electron chi connectivity index (χ2n) is 4.14. The molecule has 0 saturated heterocycles. The predicted molar refractivity (Wildman–Crippen MR) is 50.5 cm³/mol. The van der Waals surface area contributed by atoms with Crippen LogP contribution in [-0.2, 0) is 10.2 Å². The zero-order valence-electron chi connectivity index (χ0n) is 8.10. The van der Waals surface area contributed by atoms with Crippen molar-refractivity contribution in [3.8, 4) is 0 Å². The highest BCUT2D eigenvalue weighted by atomic mass is 19.1. The number of carbonyl (C=O) groups is 1. The number of anilines is 1. The van der Waals surface area contributed by atoms with Crippen LogP contribution in [0.4, 0.5) is 10.2 Å². The van der Waals surface area contributed by atoms with Crippen LogP contribution in [0, 0.1) is 5.95 Å². The third-order valence-corrected chi connectivity index (χ3v) is 2.45. The lowest BCUT2D eigenvalue weighted by Crippen LogP contribution is -2.33. The van der Waals surface area contributed by atoms with E-state index in [0.29, 0.717) is 12.2 Å². The van der Waals surface area contributed by atoms with E-state index in [1.165, 1.54) is 6.07 Å². The Labute approximate surface area is 81.3 Å². The van der Waals surface area contributed by atoms with E-state index in [1.54, 1.807) is 6.07 Å². The number of fused-ring (bicyclic) bond motifs is 1. The molecule has 3 nitrogen and oxygen atoms in total. The van der Waals surface area contributed by atoms with Crippen LogP contribution in [0.5, 0.6) is 0 Å². The van der Waals surface area contributed by atoms with Crippen LogP contribution in [0.3, 0.4) is 0 Å². The molecule has 0 radical (unpaired) electrons. The molecular formula is C10H11FN2O. The molecule has 0 unspecified atom stereocenters. The Bertz CT molecular complexity index is 401. The molecule has 2 rings (SSSR count). The van der Waals surface area contributed by atoms with E-state index < -0.39 is 5.95 Å². The van der Waals surface area contributed by atoms with Gasteiger partial charge in [-0.2, -0.15) is 4.39 Å². The zero-order valence-corrected chi connectivity index (χ0v) is 8.10. The average Bonchev–Trinajstić information content (AvgIpc) is 2.00. The Balaban J connectivity index is 2.57. The molecule has 1 aromatic rings. The third-order valence-electron chi connectivity index (χ3n) is 2.45. The lowest BCUT2D eigenvalue weighted by atomic mass is 9.79. The number of hydrogen-bond donors (Lipinski definition) is 1. The summed E-state index contributed by atoms with van der Waals surface area (Å²) >= 11 is 0. The molecule has 0 aromatic carbocycles. The van der Waals surface area contributed by atoms with Crippen molar-refractivity contribution in [3.05, 3.63) is 23.6 Å². The summed E-state index contributed by atoms with van der Waals surface area (Å²) in [6.45, 7) is 3.90. The largest absolute Gasteiger partial charge is 0.310 e. The zero-order chi connectivity index (χ0) is 10.3. The highest BCUT2D eigenvalue weighted by Gasteiger charge is 2.32. The fourth-order valence-electron chi connectivity index (χ4n) is 1.75. The third kappa shape index (κ3) is 1.36. The van der Waals surface area contributed by atoms with Crippen molar-refractivity contribution in [2.75, 3.05) is 5.32 Å². The van der Waals surface area contributed by atoms with Gasteiger partial charge in [-0.1, -0.05) is 19.9 Å². The molecule has 2 heterocycles. The maximum atomic E-state index is 12.8. The van der Waals surface area contributed by atoms with Crippen LogP contribution in [0.2, 0.25) is 0 Å². The number of nitrogens with zero attached hydrogens (tertiary/aromatic N) is 1. The van der Waals surface area contributed by atoms with Crippen LogP contribution in [0.15, 0.2) is 12.1 Å². The minimum atomic E-state index is -0.568. The minimum Gasteiger partial charge on any atom is -0.310 e. The molecule has 14 heavy (non-hydrogen) atoms. The first-order valence-corrected chi connectivity index (χ1v) is 4.46. The van der Waals surface area contributed by atoms with E-state index in [2.05, 4.69) is 10.3 Å². The van der Waals surface area contributed by atoms with Gasteiger partial charge in [-0.15, -0.1) is 0 Å². The fourth-order valence-corrected chi connectivity index (χ4v) is 1.75. The number of halogens is 1. The van der Waals surface area contributed by atoms with Crippen LogP contribution >= 0.6 is 0 Å². The lowest BCUT2D eigenvalue weighted by Gasteiger charge is -2.30. The summed E-state index contributed by atoms with van der Waals surface area (Å²) in [6.07, 6.45) is 0.410. The summed E-state index contributed by atoms with van der Waals surface area (Å²) in [6, 6.07) is 3.00. The van der Waals surface area contributed by atoms with Gasteiger partial charge in [-0.25, -0.2) is 4.98 Å². The van der Waals surface area contributed by atoms with Crippen LogP contribution in [0.25, 0.3) is 0 Å². The summed E-state index contributed by atoms with van der Waals surface area (Å²) in [5, 5.41) is 2.57. The molecular weight excluding hydrogens is 183 g/mol. The lowest BCUT2D eigenvalue weighted by molar-refractivity contribution is -0.117. The number of nitrogens with one attached hydrogen (secondary N) is 1. The topological polar surface area (TPSA) is 42.0 Å². The molecule has 1 aliphatic rings. The van der Waals surface area contributed by atoms with E-state index in [1.807, 2.05) is 13.8 Å². The summed E-state index contributed by atoms with van der Waals surface area (Å²) in [5.74, 6) is -0.325. The van der Waals surface area contributed by atoms with E-state index in [0.717, 1.165) is 5.56 Å². The van der Waals surface area contributed by atoms with Gasteiger partial charge < -0.3 is 5.32 Å². The van der Waals surface area contributed by atoms with Gasteiger partial charge in [0.25, 0.3) is 0 Å². The molecule has 0 aliphatic carbocycles. The Hall–Kier alpha value is -1.45. The predicted octanol–water partition coefficient (Wildman–Crippen LogP) is 1.84. The second kappa shape index (κ2) is 2.77. The standard InChI is InChI=1S/C10H11FN2O/c1-10(2)5-8(14)13-9-6(10)3-4-7(11)12-9/h3-4H,5H2,1-2H3,(H,12,13,14). The SMILES string of the molecule is CC1(C)CC(=O)Nc2nc(F)ccc21. The summed E-state index contributed by atoms with van der Waals surface area (Å²) < 4.78 is 12.8. The molecule has 0 bridgehead atoms. The second-order valence-corrected chi connectivity index (χ2v) is 4.14. The summed E-state index contributed by atoms with van der Waals surface area (Å²) in [7, 11) is 0. The van der Waals surface area contributed by atoms with Crippen molar-refractivity contribution in [2.45, 2.75) is 25.7 Å². The normalized spacial score (nSPS) is 18.6. The quantitative estimate of drug-likeness (QED) is 0.640. The molecule has 74 valence electrons. The van der Waals surface area contributed by atoms with Crippen molar-refractivity contribution in [3.63, 3.8) is 0 Å². The Morgan fingerprint density at radius 1 is 1.50 bits per heavy atom. The summed E-state index contributed by atoms with van der Waals surface area (Å²) in [5.41, 5.74) is 0.622. The first kappa shape index (κ1) is 9.12. The van der Waals surface area contributed by atoms with E-state index >= 15 is 0 Å². The van der Waals surface area contributed by atoms with Gasteiger partial charge in [0.15, 0.2) is 0 Å². The molecule has 0 atom stereocenters. The fraction of sp³-hybridized carbons (Fsp3) is 0.400. The maximum absolute atomic E-state index is 12.8. The van der Waals surface area contributed by atoms with Gasteiger partial charge >= 0.3 is 0 Å². The number of carbonyl (C=O) groups excluding carboxylic acids is 1. The number of rotatable bonds is 0. The molecule has 0 saturated carbocycles. The van der Waals surface area contributed by atoms with Crippen LogP contribution in [-0.4, -0.2) is 10.9 Å². The Kier molecular flexibility index (Phi) is 1.80. The van der Waals surface area contributed by atoms with Crippen LogP contribution in [0.1, 0.15) is 25.8 Å². The minimum absolute atomic E-state index is 0.111. The van der Waals surface area contributed by atoms with Crippen LogP contribution < -0.4 is 5.32 Å². The number of hydrogen-bond acceptors (Lipinski definition) is 2. The summed E-state index contributed by atoms with van der Waals surface area (Å²) in [4.78, 5) is 14.9. The van der Waals surface area contributed by atoms with Gasteiger partial charge in [0.1, 0.15) is 5.82 Å². The monoisotopic (exact) mass is 194 g/mol. The molecule has 0 spiro atoms. The van der Waals surface area contributed by atoms with E-state index in [-0.39, 0.29) is 11.3 Å². The average molecular weight is 194 g/mol. The molecule has 1 aliphatic heterocycles. The maximum Gasteiger partial charge on any atom is 0.226 e. The molecule has 4 heteroatoms.